The zero-order valence-electron chi connectivity index (χ0n) is 55.4. The zero-order chi connectivity index (χ0) is 59.6. The monoisotopic (exact) mass is 1120 g/mol. The summed E-state index contributed by atoms with van der Waals surface area (Å²) in [4.78, 5) is 39.1. The number of unbranched alkanes of at least 4 members (excludes halogenated alkanes) is 28. The lowest BCUT2D eigenvalue weighted by Crippen LogP contribution is -2.60. The van der Waals surface area contributed by atoms with Gasteiger partial charge in [-0.15, -0.1) is 0 Å². The maximum Gasteiger partial charge on any atom is 0.338 e. The van der Waals surface area contributed by atoms with E-state index >= 15 is 0 Å². The number of carbonyl (C=O) groups excluding carboxylic acids is 3. The van der Waals surface area contributed by atoms with Crippen molar-refractivity contribution in [3.63, 3.8) is 0 Å². The summed E-state index contributed by atoms with van der Waals surface area (Å²) < 4.78 is 17.3. The number of nitrogens with zero attached hydrogens (tertiary/aromatic N) is 1. The molecular formula is C71H131N3O6. The van der Waals surface area contributed by atoms with Gasteiger partial charge in [0.2, 0.25) is 0 Å². The minimum absolute atomic E-state index is 0.00296. The van der Waals surface area contributed by atoms with Crippen LogP contribution in [0.3, 0.4) is 0 Å². The van der Waals surface area contributed by atoms with Crippen molar-refractivity contribution >= 4 is 17.9 Å². The van der Waals surface area contributed by atoms with Gasteiger partial charge >= 0.3 is 17.9 Å². The molecule has 1 aromatic rings. The fraction of sp³-hybridized carbons (Fsp3) is 0.873. The fourth-order valence-electron chi connectivity index (χ4n) is 13.6. The van der Waals surface area contributed by atoms with Crippen LogP contribution < -0.4 is 10.6 Å². The molecule has 466 valence electrons. The lowest BCUT2D eigenvalue weighted by molar-refractivity contribution is -0.159. The molecule has 0 radical (unpaired) electrons. The Kier molecular flexibility index (Phi) is 36.1. The number of hydrogen-bond acceptors (Lipinski definition) is 9. The van der Waals surface area contributed by atoms with Gasteiger partial charge in [-0.3, -0.25) is 14.5 Å². The highest BCUT2D eigenvalue weighted by atomic mass is 16.6. The lowest BCUT2D eigenvalue weighted by atomic mass is 9.79. The molecule has 0 aromatic heterocycles. The van der Waals surface area contributed by atoms with E-state index in [-0.39, 0.29) is 69.5 Å². The van der Waals surface area contributed by atoms with Crippen molar-refractivity contribution in [3.8, 4) is 0 Å². The molecule has 0 aliphatic carbocycles. The molecule has 80 heavy (non-hydrogen) atoms. The molecule has 0 saturated carbocycles. The molecule has 0 bridgehead atoms. The summed E-state index contributed by atoms with van der Waals surface area (Å²) >= 11 is 0. The number of benzene rings is 1. The van der Waals surface area contributed by atoms with E-state index in [1.807, 2.05) is 18.2 Å². The van der Waals surface area contributed by atoms with E-state index in [4.69, 9.17) is 14.2 Å². The summed E-state index contributed by atoms with van der Waals surface area (Å²) in [6.45, 7) is 31.0. The first kappa shape index (κ1) is 73.6. The van der Waals surface area contributed by atoms with Crippen molar-refractivity contribution in [2.45, 2.75) is 392 Å². The SMILES string of the molecule is CC1(C)CC(OC(=O)c2ccccc2)CC(C)(C)N1.CCCCCCCCCCCCCCCCCC(=O)OC1CC(C)(C)N(C)C(C)(C)C1.CCCCCCCCCCCCCCCCCC(=O)OC1CC(C)(C)NC(C)(C)C1. The number of esters is 3. The molecule has 9 nitrogen and oxygen atoms in total. The minimum Gasteiger partial charge on any atom is -0.462 e. The molecule has 0 atom stereocenters. The number of piperidine rings is 3. The van der Waals surface area contributed by atoms with Crippen LogP contribution in [0.2, 0.25) is 0 Å². The first-order valence-electron chi connectivity index (χ1n) is 33.7. The second kappa shape index (κ2) is 39.2. The normalized spacial score (nSPS) is 19.4. The van der Waals surface area contributed by atoms with E-state index in [0.29, 0.717) is 18.4 Å². The van der Waals surface area contributed by atoms with Crippen LogP contribution in [0.1, 0.15) is 351 Å². The first-order valence-corrected chi connectivity index (χ1v) is 33.7. The van der Waals surface area contributed by atoms with Crippen LogP contribution in [0.5, 0.6) is 0 Å². The number of hydrogen-bond donors (Lipinski definition) is 2. The van der Waals surface area contributed by atoms with Gasteiger partial charge in [0.15, 0.2) is 0 Å². The summed E-state index contributed by atoms with van der Waals surface area (Å²) in [5.74, 6) is -0.210. The van der Waals surface area contributed by atoms with Gasteiger partial charge in [-0.05, 0) is 115 Å². The van der Waals surface area contributed by atoms with Crippen LogP contribution in [-0.4, -0.2) is 81.4 Å². The van der Waals surface area contributed by atoms with Crippen molar-refractivity contribution < 1.29 is 28.6 Å². The Morgan fingerprint density at radius 2 is 0.637 bits per heavy atom. The van der Waals surface area contributed by atoms with Gasteiger partial charge in [-0.2, -0.15) is 0 Å². The predicted octanol–water partition coefficient (Wildman–Crippen LogP) is 19.7. The Labute approximate surface area is 495 Å². The fourth-order valence-corrected chi connectivity index (χ4v) is 13.6. The molecule has 0 spiro atoms. The molecular weight excluding hydrogens is 991 g/mol. The number of nitrogens with one attached hydrogen (secondary N) is 2. The van der Waals surface area contributed by atoms with Crippen molar-refractivity contribution in [2.24, 2.45) is 0 Å². The Bertz CT molecular complexity index is 1720. The van der Waals surface area contributed by atoms with Gasteiger partial charge < -0.3 is 24.8 Å². The van der Waals surface area contributed by atoms with Crippen LogP contribution >= 0.6 is 0 Å². The zero-order valence-corrected chi connectivity index (χ0v) is 55.4. The largest absolute Gasteiger partial charge is 0.462 e. The van der Waals surface area contributed by atoms with Crippen LogP contribution in [0, 0.1) is 0 Å². The molecule has 2 N–H and O–H groups in total. The summed E-state index contributed by atoms with van der Waals surface area (Å²) in [7, 11) is 2.19. The summed E-state index contributed by atoms with van der Waals surface area (Å²) in [6.07, 6.45) is 47.1. The van der Waals surface area contributed by atoms with Crippen LogP contribution in [-0.2, 0) is 23.8 Å². The minimum atomic E-state index is -0.223. The first-order chi connectivity index (χ1) is 37.7. The molecule has 0 amide bonds. The topological polar surface area (TPSA) is 106 Å². The van der Waals surface area contributed by atoms with Crippen LogP contribution in [0.25, 0.3) is 0 Å². The third-order valence-electron chi connectivity index (χ3n) is 17.4. The molecule has 3 saturated heterocycles. The van der Waals surface area contributed by atoms with E-state index in [0.717, 1.165) is 64.2 Å². The quantitative estimate of drug-likeness (QED) is 0.0386. The van der Waals surface area contributed by atoms with Crippen molar-refractivity contribution in [2.75, 3.05) is 7.05 Å². The predicted molar refractivity (Wildman–Crippen MR) is 341 cm³/mol. The van der Waals surface area contributed by atoms with Crippen molar-refractivity contribution in [1.82, 2.24) is 15.5 Å². The maximum absolute atomic E-state index is 12.3. The standard InChI is InChI=1S/C28H55NO2.C27H53NO2.C16H23NO2/c1-7-8-9-10-11-12-13-14-15-16-17-18-19-20-21-22-26(30)31-25-23-27(2,3)29(6)28(4,5)24-25;1-6-7-8-9-10-11-12-13-14-15-16-17-18-19-20-21-25(29)30-24-22-26(2,3)28-27(4,5)23-24;1-15(2)10-13(11-16(3,4)17-15)19-14(18)12-8-6-5-7-9-12/h25H,7-24H2,1-6H3;24,28H,6-23H2,1-5H3;5-9,13,17H,10-11H2,1-4H3. The van der Waals surface area contributed by atoms with Gasteiger partial charge in [0.05, 0.1) is 5.56 Å². The second-order valence-electron chi connectivity index (χ2n) is 29.2. The molecule has 3 heterocycles. The van der Waals surface area contributed by atoms with Crippen molar-refractivity contribution in [1.29, 1.82) is 0 Å². The Hall–Kier alpha value is -2.49. The van der Waals surface area contributed by atoms with E-state index in [9.17, 15) is 14.4 Å². The van der Waals surface area contributed by atoms with Crippen molar-refractivity contribution in [3.05, 3.63) is 35.9 Å². The maximum atomic E-state index is 12.3. The van der Waals surface area contributed by atoms with Crippen LogP contribution in [0.4, 0.5) is 0 Å². The van der Waals surface area contributed by atoms with E-state index in [2.05, 4.69) is 120 Å². The highest BCUT2D eigenvalue weighted by molar-refractivity contribution is 5.89. The lowest BCUT2D eigenvalue weighted by Gasteiger charge is -2.53. The summed E-state index contributed by atoms with van der Waals surface area (Å²) in [5.41, 5.74) is 0.801. The number of carbonyl (C=O) groups is 3. The average molecular weight is 1120 g/mol. The molecule has 1 aromatic carbocycles. The van der Waals surface area contributed by atoms with Gasteiger partial charge in [0.1, 0.15) is 18.3 Å². The molecule has 9 heteroatoms. The Morgan fingerprint density at radius 1 is 0.388 bits per heavy atom. The number of rotatable bonds is 36. The second-order valence-corrected chi connectivity index (χ2v) is 29.2. The average Bonchev–Trinajstić information content (AvgIpc) is 3.34. The van der Waals surface area contributed by atoms with E-state index in [1.54, 1.807) is 12.1 Å². The number of likely N-dealkylation sites (tertiary alicyclic amines) is 1. The van der Waals surface area contributed by atoms with E-state index in [1.165, 1.54) is 167 Å². The van der Waals surface area contributed by atoms with Gasteiger partial charge in [0, 0.05) is 84.6 Å². The molecule has 3 fully saturated rings. The summed E-state index contributed by atoms with van der Waals surface area (Å²) in [6, 6.07) is 9.19. The third kappa shape index (κ3) is 35.0. The highest BCUT2D eigenvalue weighted by Crippen LogP contribution is 2.38. The third-order valence-corrected chi connectivity index (χ3v) is 17.4. The molecule has 4 rings (SSSR count). The molecule has 3 aliphatic heterocycles. The molecule has 0 unspecified atom stereocenters. The van der Waals surface area contributed by atoms with Gasteiger partial charge in [-0.1, -0.05) is 212 Å². The van der Waals surface area contributed by atoms with E-state index < -0.39 is 0 Å². The Morgan fingerprint density at radius 3 is 0.925 bits per heavy atom. The van der Waals surface area contributed by atoms with Gasteiger partial charge in [0.25, 0.3) is 0 Å². The van der Waals surface area contributed by atoms with Crippen LogP contribution in [0.15, 0.2) is 30.3 Å². The molecule has 3 aliphatic rings. The Balaban J connectivity index is 0.000000421. The number of ether oxygens (including phenoxy) is 3. The smallest absolute Gasteiger partial charge is 0.338 e. The summed E-state index contributed by atoms with van der Waals surface area (Å²) in [5, 5.41) is 7.23. The highest BCUT2D eigenvalue weighted by Gasteiger charge is 2.45. The van der Waals surface area contributed by atoms with Gasteiger partial charge in [-0.25, -0.2) is 4.79 Å².